The van der Waals surface area contributed by atoms with Gasteiger partial charge in [0.2, 0.25) is 15.3 Å². The molecule has 3 aromatic rings. The number of H-pyrrole nitrogens is 1. The lowest BCUT2D eigenvalue weighted by atomic mass is 9.93. The molecular weight excluding hydrogens is 388 g/mol. The number of nitrogens with one attached hydrogen (secondary N) is 1. The largest absolute Gasteiger partial charge is 0.345 e. The van der Waals surface area contributed by atoms with E-state index < -0.39 is 10.0 Å². The Kier molecular flexibility index (Phi) is 4.83. The van der Waals surface area contributed by atoms with E-state index in [0.717, 1.165) is 29.6 Å². The molecule has 10 heteroatoms. The fourth-order valence-electron chi connectivity index (χ4n) is 3.49. The van der Waals surface area contributed by atoms with Gasteiger partial charge in [-0.05, 0) is 42.8 Å². The number of aromatic nitrogens is 5. The highest BCUT2D eigenvalue weighted by Gasteiger charge is 2.27. The monoisotopic (exact) mass is 406 g/mol. The minimum Gasteiger partial charge on any atom is -0.345 e. The normalized spacial score (nSPS) is 18.8. The summed E-state index contributed by atoms with van der Waals surface area (Å²) in [5.41, 5.74) is 3.68. The van der Waals surface area contributed by atoms with Crippen LogP contribution in [0.15, 0.2) is 24.7 Å². The number of halogens is 1. The number of fused-ring (bicyclic) bond motifs is 1. The number of hydrogen-bond donors (Lipinski definition) is 1. The van der Waals surface area contributed by atoms with Crippen molar-refractivity contribution in [3.63, 3.8) is 0 Å². The second-order valence-corrected chi connectivity index (χ2v) is 9.12. The van der Waals surface area contributed by atoms with Gasteiger partial charge in [0, 0.05) is 31.0 Å². The number of rotatable bonds is 4. The Labute approximate surface area is 162 Å². The Bertz CT molecular complexity index is 1080. The first-order valence-electron chi connectivity index (χ1n) is 8.67. The molecule has 8 nitrogen and oxygen atoms in total. The summed E-state index contributed by atoms with van der Waals surface area (Å²) in [6, 6.07) is 1.85. The summed E-state index contributed by atoms with van der Waals surface area (Å²) in [6.07, 6.45) is 8.76. The van der Waals surface area contributed by atoms with Gasteiger partial charge in [0.15, 0.2) is 5.65 Å². The van der Waals surface area contributed by atoms with Crippen LogP contribution in [0.5, 0.6) is 0 Å². The molecule has 142 valence electrons. The number of aromatic amines is 1. The lowest BCUT2D eigenvalue weighted by Crippen LogP contribution is -2.39. The molecule has 0 radical (unpaired) electrons. The molecule has 27 heavy (non-hydrogen) atoms. The van der Waals surface area contributed by atoms with Crippen LogP contribution in [0.1, 0.15) is 18.5 Å². The van der Waals surface area contributed by atoms with Gasteiger partial charge in [-0.1, -0.05) is 0 Å². The highest BCUT2D eigenvalue weighted by Crippen LogP contribution is 2.28. The van der Waals surface area contributed by atoms with Crippen LogP contribution < -0.4 is 0 Å². The predicted octanol–water partition coefficient (Wildman–Crippen LogP) is 2.28. The van der Waals surface area contributed by atoms with Gasteiger partial charge in [-0.25, -0.2) is 32.7 Å². The van der Waals surface area contributed by atoms with Crippen LogP contribution in [0.25, 0.3) is 22.4 Å². The molecule has 0 amide bonds. The van der Waals surface area contributed by atoms with Gasteiger partial charge in [0.25, 0.3) is 0 Å². The maximum Gasteiger partial charge on any atom is 0.222 e. The number of nitrogens with zero attached hydrogens (tertiary/aromatic N) is 5. The Hall–Kier alpha value is -2.10. The molecule has 1 aliphatic heterocycles. The molecule has 0 aliphatic carbocycles. The van der Waals surface area contributed by atoms with Crippen LogP contribution >= 0.6 is 11.6 Å². The van der Waals surface area contributed by atoms with Crippen molar-refractivity contribution < 1.29 is 8.42 Å². The SMILES string of the molecule is CS(=O)(=O)N1CCC[C@H](Cc2nc(Cl)ncc2-c2cnc3[nH]ccc3n2)C1. The van der Waals surface area contributed by atoms with Crippen molar-refractivity contribution in [2.24, 2.45) is 5.92 Å². The van der Waals surface area contributed by atoms with Crippen LogP contribution in [0.2, 0.25) is 5.28 Å². The molecular formula is C17H19ClN6O2S. The van der Waals surface area contributed by atoms with Crippen molar-refractivity contribution in [1.29, 1.82) is 0 Å². The molecule has 0 bridgehead atoms. The van der Waals surface area contributed by atoms with E-state index >= 15 is 0 Å². The third-order valence-electron chi connectivity index (χ3n) is 4.81. The van der Waals surface area contributed by atoms with Gasteiger partial charge in [-0.3, -0.25) is 0 Å². The summed E-state index contributed by atoms with van der Waals surface area (Å²) >= 11 is 6.03. The third kappa shape index (κ3) is 3.95. The molecule has 4 heterocycles. The lowest BCUT2D eigenvalue weighted by Gasteiger charge is -2.31. The molecule has 4 rings (SSSR count). The van der Waals surface area contributed by atoms with E-state index in [2.05, 4.69) is 24.9 Å². The van der Waals surface area contributed by atoms with Crippen molar-refractivity contribution in [3.8, 4) is 11.3 Å². The summed E-state index contributed by atoms with van der Waals surface area (Å²) in [4.78, 5) is 20.5. The zero-order chi connectivity index (χ0) is 19.0. The average Bonchev–Trinajstić information content (AvgIpc) is 3.09. The van der Waals surface area contributed by atoms with Crippen molar-refractivity contribution in [2.45, 2.75) is 19.3 Å². The molecule has 1 aliphatic rings. The van der Waals surface area contributed by atoms with E-state index in [4.69, 9.17) is 11.6 Å². The molecule has 0 aromatic carbocycles. The molecule has 0 spiro atoms. The van der Waals surface area contributed by atoms with E-state index in [0.29, 0.717) is 30.9 Å². The van der Waals surface area contributed by atoms with Gasteiger partial charge in [0.05, 0.1) is 23.8 Å². The fraction of sp³-hybridized carbons (Fsp3) is 0.412. The first-order valence-corrected chi connectivity index (χ1v) is 10.9. The second kappa shape index (κ2) is 7.14. The van der Waals surface area contributed by atoms with E-state index in [1.54, 1.807) is 18.6 Å². The first kappa shape index (κ1) is 18.3. The Morgan fingerprint density at radius 2 is 2.15 bits per heavy atom. The molecule has 1 saturated heterocycles. The lowest BCUT2D eigenvalue weighted by molar-refractivity contribution is 0.265. The van der Waals surface area contributed by atoms with E-state index in [1.807, 2.05) is 6.07 Å². The first-order chi connectivity index (χ1) is 12.9. The minimum absolute atomic E-state index is 0.167. The van der Waals surface area contributed by atoms with E-state index in [1.165, 1.54) is 10.6 Å². The van der Waals surface area contributed by atoms with Crippen LogP contribution in [0.4, 0.5) is 0 Å². The van der Waals surface area contributed by atoms with Crippen molar-refractivity contribution in [2.75, 3.05) is 19.3 Å². The maximum atomic E-state index is 11.9. The van der Waals surface area contributed by atoms with Gasteiger partial charge >= 0.3 is 0 Å². The van der Waals surface area contributed by atoms with E-state index in [9.17, 15) is 8.42 Å². The van der Waals surface area contributed by atoms with Crippen molar-refractivity contribution in [1.82, 2.24) is 29.2 Å². The second-order valence-electron chi connectivity index (χ2n) is 6.80. The maximum absolute atomic E-state index is 11.9. The quantitative estimate of drug-likeness (QED) is 0.666. The Morgan fingerprint density at radius 1 is 1.30 bits per heavy atom. The van der Waals surface area contributed by atoms with Gasteiger partial charge in [-0.15, -0.1) is 0 Å². The zero-order valence-corrected chi connectivity index (χ0v) is 16.3. The highest BCUT2D eigenvalue weighted by atomic mass is 35.5. The fourth-order valence-corrected chi connectivity index (χ4v) is 4.58. The number of sulfonamides is 1. The standard InChI is InChI=1S/C17H19ClN6O2S/c1-27(25,26)24-6-2-3-11(10-24)7-14-12(8-21-17(18)23-14)15-9-20-16-13(22-15)4-5-19-16/h4-5,8-9,11H,2-3,6-7,10H2,1H3,(H,19,20)/t11-/m1/s1. The van der Waals surface area contributed by atoms with Crippen molar-refractivity contribution >= 4 is 32.8 Å². The zero-order valence-electron chi connectivity index (χ0n) is 14.8. The average molecular weight is 407 g/mol. The summed E-state index contributed by atoms with van der Waals surface area (Å²) in [5, 5.41) is 0.167. The summed E-state index contributed by atoms with van der Waals surface area (Å²) < 4.78 is 25.3. The van der Waals surface area contributed by atoms with Crippen LogP contribution in [0.3, 0.4) is 0 Å². The number of hydrogen-bond acceptors (Lipinski definition) is 6. The summed E-state index contributed by atoms with van der Waals surface area (Å²) in [6.45, 7) is 1.06. The molecule has 1 fully saturated rings. The van der Waals surface area contributed by atoms with Gasteiger partial charge in [0.1, 0.15) is 5.52 Å². The smallest absolute Gasteiger partial charge is 0.222 e. The number of piperidine rings is 1. The van der Waals surface area contributed by atoms with Gasteiger partial charge < -0.3 is 4.98 Å². The Morgan fingerprint density at radius 3 is 2.96 bits per heavy atom. The molecule has 0 saturated carbocycles. The Balaban J connectivity index is 1.65. The highest BCUT2D eigenvalue weighted by molar-refractivity contribution is 7.88. The van der Waals surface area contributed by atoms with Crippen LogP contribution in [0, 0.1) is 5.92 Å². The molecule has 0 unspecified atom stereocenters. The molecule has 3 aromatic heterocycles. The minimum atomic E-state index is -3.19. The van der Waals surface area contributed by atoms with Crippen LogP contribution in [-0.2, 0) is 16.4 Å². The topological polar surface area (TPSA) is 105 Å². The third-order valence-corrected chi connectivity index (χ3v) is 6.26. The molecule has 1 atom stereocenters. The van der Waals surface area contributed by atoms with E-state index in [-0.39, 0.29) is 11.2 Å². The van der Waals surface area contributed by atoms with Crippen LogP contribution in [-0.4, -0.2) is 57.0 Å². The van der Waals surface area contributed by atoms with Crippen molar-refractivity contribution in [3.05, 3.63) is 35.6 Å². The predicted molar refractivity (Wildman–Crippen MR) is 103 cm³/mol. The summed E-state index contributed by atoms with van der Waals surface area (Å²) in [5.74, 6) is 0.169. The van der Waals surface area contributed by atoms with Gasteiger partial charge in [-0.2, -0.15) is 0 Å². The summed E-state index contributed by atoms with van der Waals surface area (Å²) in [7, 11) is -3.19. The molecule has 1 N–H and O–H groups in total.